The highest BCUT2D eigenvalue weighted by Gasteiger charge is 2.13. The SMILES string of the molecule is CC(CCNc1ncc([N+](=O)[O-])cc1C#N)C(=O)O. The number of carboxylic acid groups (broad SMARTS) is 1. The Morgan fingerprint density at radius 1 is 1.74 bits per heavy atom. The molecule has 2 N–H and O–H groups in total. The van der Waals surface area contributed by atoms with Crippen LogP contribution in [0.1, 0.15) is 18.9 Å². The number of nitro groups is 1. The molecule has 100 valence electrons. The van der Waals surface area contributed by atoms with Gasteiger partial charge in [0, 0.05) is 12.6 Å². The third-order valence-corrected chi connectivity index (χ3v) is 2.50. The van der Waals surface area contributed by atoms with Gasteiger partial charge < -0.3 is 10.4 Å². The van der Waals surface area contributed by atoms with Gasteiger partial charge in [-0.25, -0.2) is 4.98 Å². The molecule has 0 amide bonds. The first-order chi connectivity index (χ1) is 8.95. The summed E-state index contributed by atoms with van der Waals surface area (Å²) in [6, 6.07) is 2.93. The Hall–Kier alpha value is -2.69. The maximum atomic E-state index is 10.6. The zero-order valence-electron chi connectivity index (χ0n) is 10.2. The van der Waals surface area contributed by atoms with Crippen molar-refractivity contribution in [2.75, 3.05) is 11.9 Å². The van der Waals surface area contributed by atoms with Crippen LogP contribution in [0, 0.1) is 27.4 Å². The molecule has 0 aliphatic rings. The van der Waals surface area contributed by atoms with Crippen LogP contribution in [-0.4, -0.2) is 27.5 Å². The fourth-order valence-corrected chi connectivity index (χ4v) is 1.31. The Morgan fingerprint density at radius 2 is 2.42 bits per heavy atom. The fourth-order valence-electron chi connectivity index (χ4n) is 1.31. The molecule has 0 aliphatic heterocycles. The minimum absolute atomic E-state index is 0.0529. The maximum Gasteiger partial charge on any atom is 0.306 e. The summed E-state index contributed by atoms with van der Waals surface area (Å²) < 4.78 is 0. The molecule has 1 heterocycles. The predicted octanol–water partition coefficient (Wildman–Crippen LogP) is 1.38. The van der Waals surface area contributed by atoms with Crippen molar-refractivity contribution >= 4 is 17.5 Å². The molecule has 0 fully saturated rings. The molecule has 19 heavy (non-hydrogen) atoms. The molecular formula is C11H12N4O4. The number of nitriles is 1. The highest BCUT2D eigenvalue weighted by Crippen LogP contribution is 2.18. The van der Waals surface area contributed by atoms with Gasteiger partial charge in [0.25, 0.3) is 5.69 Å². The van der Waals surface area contributed by atoms with E-state index in [1.54, 1.807) is 13.0 Å². The summed E-state index contributed by atoms with van der Waals surface area (Å²) >= 11 is 0. The molecule has 1 atom stereocenters. The molecule has 0 saturated heterocycles. The Bertz CT molecular complexity index is 538. The summed E-state index contributed by atoms with van der Waals surface area (Å²) in [6.45, 7) is 1.88. The molecule has 0 radical (unpaired) electrons. The van der Waals surface area contributed by atoms with Crippen molar-refractivity contribution in [2.45, 2.75) is 13.3 Å². The largest absolute Gasteiger partial charge is 0.481 e. The Morgan fingerprint density at radius 3 is 2.95 bits per heavy atom. The van der Waals surface area contributed by atoms with Crippen molar-refractivity contribution < 1.29 is 14.8 Å². The highest BCUT2D eigenvalue weighted by atomic mass is 16.6. The normalized spacial score (nSPS) is 11.4. The quantitative estimate of drug-likeness (QED) is 0.586. The molecule has 0 spiro atoms. The summed E-state index contributed by atoms with van der Waals surface area (Å²) in [6.07, 6.45) is 1.41. The second kappa shape index (κ2) is 6.30. The number of anilines is 1. The topological polar surface area (TPSA) is 129 Å². The highest BCUT2D eigenvalue weighted by molar-refractivity contribution is 5.69. The van der Waals surface area contributed by atoms with Crippen LogP contribution < -0.4 is 5.32 Å². The summed E-state index contributed by atoms with van der Waals surface area (Å²) in [4.78, 5) is 24.3. The number of pyridine rings is 1. The van der Waals surface area contributed by atoms with E-state index >= 15 is 0 Å². The third kappa shape index (κ3) is 3.92. The number of nitrogens with zero attached hydrogens (tertiary/aromatic N) is 3. The molecule has 0 aromatic carbocycles. The molecule has 1 aromatic heterocycles. The van der Waals surface area contributed by atoms with Crippen LogP contribution in [-0.2, 0) is 4.79 Å². The number of aromatic nitrogens is 1. The van der Waals surface area contributed by atoms with Gasteiger partial charge in [-0.1, -0.05) is 6.92 Å². The number of nitrogens with one attached hydrogen (secondary N) is 1. The van der Waals surface area contributed by atoms with E-state index in [0.29, 0.717) is 13.0 Å². The zero-order valence-corrected chi connectivity index (χ0v) is 10.2. The van der Waals surface area contributed by atoms with E-state index in [4.69, 9.17) is 10.4 Å². The zero-order chi connectivity index (χ0) is 14.4. The van der Waals surface area contributed by atoms with Crippen LogP contribution in [0.5, 0.6) is 0 Å². The lowest BCUT2D eigenvalue weighted by Crippen LogP contribution is -2.15. The predicted molar refractivity (Wildman–Crippen MR) is 65.5 cm³/mol. The number of hydrogen-bond acceptors (Lipinski definition) is 6. The van der Waals surface area contributed by atoms with E-state index in [1.165, 1.54) is 0 Å². The molecule has 0 aliphatic carbocycles. The number of rotatable bonds is 6. The first-order valence-electron chi connectivity index (χ1n) is 5.47. The number of hydrogen-bond donors (Lipinski definition) is 2. The molecule has 1 rings (SSSR count). The second-order valence-corrected chi connectivity index (χ2v) is 3.91. The minimum atomic E-state index is -0.904. The average Bonchev–Trinajstić information content (AvgIpc) is 2.38. The van der Waals surface area contributed by atoms with Gasteiger partial charge in [0.2, 0.25) is 0 Å². The van der Waals surface area contributed by atoms with Crippen LogP contribution >= 0.6 is 0 Å². The van der Waals surface area contributed by atoms with Gasteiger partial charge in [-0.05, 0) is 6.42 Å². The lowest BCUT2D eigenvalue weighted by atomic mass is 10.1. The summed E-state index contributed by atoms with van der Waals surface area (Å²) in [5, 5.41) is 30.9. The Balaban J connectivity index is 2.72. The average molecular weight is 264 g/mol. The van der Waals surface area contributed by atoms with Crippen LogP contribution in [0.15, 0.2) is 12.3 Å². The van der Waals surface area contributed by atoms with Crippen molar-refractivity contribution in [1.82, 2.24) is 4.98 Å². The van der Waals surface area contributed by atoms with Crippen LogP contribution in [0.2, 0.25) is 0 Å². The van der Waals surface area contributed by atoms with E-state index in [0.717, 1.165) is 12.3 Å². The maximum absolute atomic E-state index is 10.6. The third-order valence-electron chi connectivity index (χ3n) is 2.50. The van der Waals surface area contributed by atoms with Crippen LogP contribution in [0.4, 0.5) is 11.5 Å². The van der Waals surface area contributed by atoms with E-state index in [2.05, 4.69) is 10.3 Å². The molecule has 8 nitrogen and oxygen atoms in total. The number of aliphatic carboxylic acids is 1. The van der Waals surface area contributed by atoms with E-state index < -0.39 is 16.8 Å². The van der Waals surface area contributed by atoms with Gasteiger partial charge in [-0.2, -0.15) is 5.26 Å². The van der Waals surface area contributed by atoms with E-state index in [1.807, 2.05) is 0 Å². The van der Waals surface area contributed by atoms with E-state index in [9.17, 15) is 14.9 Å². The van der Waals surface area contributed by atoms with Crippen molar-refractivity contribution in [3.63, 3.8) is 0 Å². The molecule has 1 aromatic rings. The van der Waals surface area contributed by atoms with Crippen molar-refractivity contribution in [1.29, 1.82) is 5.26 Å². The smallest absolute Gasteiger partial charge is 0.306 e. The Kier molecular flexibility index (Phi) is 4.76. The minimum Gasteiger partial charge on any atom is -0.481 e. The molecule has 0 bridgehead atoms. The monoisotopic (exact) mass is 264 g/mol. The van der Waals surface area contributed by atoms with Crippen LogP contribution in [0.3, 0.4) is 0 Å². The van der Waals surface area contributed by atoms with Gasteiger partial charge >= 0.3 is 5.97 Å². The van der Waals surface area contributed by atoms with Gasteiger partial charge in [0.1, 0.15) is 23.6 Å². The standard InChI is InChI=1S/C11H12N4O4/c1-7(11(16)17)2-3-13-10-8(5-12)4-9(6-14-10)15(18)19/h4,6-7H,2-3H2,1H3,(H,13,14)(H,16,17). The summed E-state index contributed by atoms with van der Waals surface area (Å²) in [5.41, 5.74) is -0.210. The van der Waals surface area contributed by atoms with Gasteiger partial charge in [-0.15, -0.1) is 0 Å². The van der Waals surface area contributed by atoms with Crippen molar-refractivity contribution in [2.24, 2.45) is 5.92 Å². The molecule has 8 heteroatoms. The van der Waals surface area contributed by atoms with E-state index in [-0.39, 0.29) is 17.1 Å². The molecule has 0 saturated carbocycles. The van der Waals surface area contributed by atoms with Crippen molar-refractivity contribution in [3.8, 4) is 6.07 Å². The van der Waals surface area contributed by atoms with Gasteiger partial charge in [0.05, 0.1) is 10.8 Å². The van der Waals surface area contributed by atoms with Gasteiger partial charge in [-0.3, -0.25) is 14.9 Å². The first-order valence-corrected chi connectivity index (χ1v) is 5.47. The molecular weight excluding hydrogens is 252 g/mol. The van der Waals surface area contributed by atoms with Gasteiger partial charge in [0.15, 0.2) is 0 Å². The van der Waals surface area contributed by atoms with Crippen LogP contribution in [0.25, 0.3) is 0 Å². The molecule has 1 unspecified atom stereocenters. The lowest BCUT2D eigenvalue weighted by Gasteiger charge is -2.09. The second-order valence-electron chi connectivity index (χ2n) is 3.91. The number of carbonyl (C=O) groups is 1. The number of carboxylic acids is 1. The summed E-state index contributed by atoms with van der Waals surface area (Å²) in [7, 11) is 0. The first kappa shape index (κ1) is 14.4. The lowest BCUT2D eigenvalue weighted by molar-refractivity contribution is -0.385. The fraction of sp³-hybridized carbons (Fsp3) is 0.364. The summed E-state index contributed by atoms with van der Waals surface area (Å²) in [5.74, 6) is -1.21. The van der Waals surface area contributed by atoms with Crippen molar-refractivity contribution in [3.05, 3.63) is 27.9 Å². The Labute approximate surface area is 108 Å².